The third-order valence-electron chi connectivity index (χ3n) is 4.64. The van der Waals surface area contributed by atoms with Crippen molar-refractivity contribution in [3.05, 3.63) is 54.2 Å². The molecule has 1 aliphatic heterocycles. The van der Waals surface area contributed by atoms with Gasteiger partial charge in [-0.25, -0.2) is 4.98 Å². The highest BCUT2D eigenvalue weighted by molar-refractivity contribution is 5.94. The molecule has 3 rings (SSSR count). The molecular weight excluding hydrogens is 300 g/mol. The number of anilines is 2. The van der Waals surface area contributed by atoms with Gasteiger partial charge >= 0.3 is 0 Å². The highest BCUT2D eigenvalue weighted by Gasteiger charge is 2.23. The van der Waals surface area contributed by atoms with Crippen LogP contribution in [-0.4, -0.2) is 37.1 Å². The molecular formula is C19H24N4O. The molecule has 1 amide bonds. The zero-order valence-electron chi connectivity index (χ0n) is 14.2. The quantitative estimate of drug-likeness (QED) is 0.907. The van der Waals surface area contributed by atoms with E-state index in [1.54, 1.807) is 6.20 Å². The third kappa shape index (κ3) is 3.74. The molecule has 0 radical (unpaired) electrons. The first-order valence-electron chi connectivity index (χ1n) is 8.41. The molecule has 5 heteroatoms. The molecule has 0 aliphatic carbocycles. The Hall–Kier alpha value is -2.40. The SMILES string of the molecule is CC1CCNCC1NC(=O)c1ccc(N(C)c2ccccc2)nc1. The van der Waals surface area contributed by atoms with E-state index < -0.39 is 0 Å². The van der Waals surface area contributed by atoms with Crippen molar-refractivity contribution in [2.75, 3.05) is 25.0 Å². The van der Waals surface area contributed by atoms with E-state index in [-0.39, 0.29) is 11.9 Å². The zero-order chi connectivity index (χ0) is 16.9. The van der Waals surface area contributed by atoms with Crippen LogP contribution in [0.5, 0.6) is 0 Å². The van der Waals surface area contributed by atoms with Crippen molar-refractivity contribution in [2.45, 2.75) is 19.4 Å². The maximum absolute atomic E-state index is 12.4. The van der Waals surface area contributed by atoms with Crippen LogP contribution in [0, 0.1) is 5.92 Å². The highest BCUT2D eigenvalue weighted by Crippen LogP contribution is 2.21. The molecule has 2 N–H and O–H groups in total. The minimum Gasteiger partial charge on any atom is -0.348 e. The predicted octanol–water partition coefficient (Wildman–Crippen LogP) is 2.58. The number of hydrogen-bond acceptors (Lipinski definition) is 4. The van der Waals surface area contributed by atoms with Crippen molar-refractivity contribution in [1.82, 2.24) is 15.6 Å². The van der Waals surface area contributed by atoms with Gasteiger partial charge in [-0.15, -0.1) is 0 Å². The van der Waals surface area contributed by atoms with E-state index in [0.29, 0.717) is 11.5 Å². The molecule has 0 saturated carbocycles. The van der Waals surface area contributed by atoms with Gasteiger partial charge in [0.15, 0.2) is 0 Å². The van der Waals surface area contributed by atoms with E-state index >= 15 is 0 Å². The van der Waals surface area contributed by atoms with Crippen molar-refractivity contribution in [2.24, 2.45) is 5.92 Å². The van der Waals surface area contributed by atoms with Crippen LogP contribution < -0.4 is 15.5 Å². The van der Waals surface area contributed by atoms with Crippen LogP contribution in [0.1, 0.15) is 23.7 Å². The molecule has 0 spiro atoms. The van der Waals surface area contributed by atoms with E-state index in [2.05, 4.69) is 22.5 Å². The number of carbonyl (C=O) groups is 1. The van der Waals surface area contributed by atoms with E-state index in [9.17, 15) is 4.79 Å². The topological polar surface area (TPSA) is 57.3 Å². The van der Waals surface area contributed by atoms with E-state index in [4.69, 9.17) is 0 Å². The van der Waals surface area contributed by atoms with Crippen LogP contribution in [0.25, 0.3) is 0 Å². The summed E-state index contributed by atoms with van der Waals surface area (Å²) in [6, 6.07) is 13.9. The van der Waals surface area contributed by atoms with Crippen molar-refractivity contribution in [3.63, 3.8) is 0 Å². The van der Waals surface area contributed by atoms with Gasteiger partial charge in [0.1, 0.15) is 5.82 Å². The maximum Gasteiger partial charge on any atom is 0.253 e. The van der Waals surface area contributed by atoms with E-state index in [1.165, 1.54) is 0 Å². The van der Waals surface area contributed by atoms with Crippen molar-refractivity contribution < 1.29 is 4.79 Å². The second-order valence-corrected chi connectivity index (χ2v) is 6.35. The van der Waals surface area contributed by atoms with Gasteiger partial charge in [-0.3, -0.25) is 4.79 Å². The lowest BCUT2D eigenvalue weighted by Crippen LogP contribution is -2.50. The summed E-state index contributed by atoms with van der Waals surface area (Å²) in [6.45, 7) is 4.03. The molecule has 1 aliphatic rings. The number of piperidine rings is 1. The molecule has 2 unspecified atom stereocenters. The molecule has 2 heterocycles. The van der Waals surface area contributed by atoms with Crippen LogP contribution in [-0.2, 0) is 0 Å². The van der Waals surface area contributed by atoms with Crippen molar-refractivity contribution >= 4 is 17.4 Å². The van der Waals surface area contributed by atoms with Gasteiger partial charge in [-0.1, -0.05) is 25.1 Å². The molecule has 1 fully saturated rings. The summed E-state index contributed by atoms with van der Waals surface area (Å²) in [7, 11) is 1.97. The van der Waals surface area contributed by atoms with Crippen LogP contribution in [0.4, 0.5) is 11.5 Å². The fourth-order valence-electron chi connectivity index (χ4n) is 2.94. The normalized spacial score (nSPS) is 20.4. The van der Waals surface area contributed by atoms with Crippen LogP contribution in [0.2, 0.25) is 0 Å². The van der Waals surface area contributed by atoms with Gasteiger partial charge in [0, 0.05) is 31.5 Å². The molecule has 5 nitrogen and oxygen atoms in total. The van der Waals surface area contributed by atoms with Crippen LogP contribution in [0.15, 0.2) is 48.7 Å². The van der Waals surface area contributed by atoms with Crippen LogP contribution >= 0.6 is 0 Å². The van der Waals surface area contributed by atoms with Gasteiger partial charge in [0.2, 0.25) is 0 Å². The van der Waals surface area contributed by atoms with Gasteiger partial charge < -0.3 is 15.5 Å². The first kappa shape index (κ1) is 16.5. The zero-order valence-corrected chi connectivity index (χ0v) is 14.2. The molecule has 2 atom stereocenters. The first-order chi connectivity index (χ1) is 11.6. The van der Waals surface area contributed by atoms with Crippen LogP contribution in [0.3, 0.4) is 0 Å². The Kier molecular flexibility index (Phi) is 5.11. The monoisotopic (exact) mass is 324 g/mol. The van der Waals surface area contributed by atoms with Gasteiger partial charge in [-0.05, 0) is 43.1 Å². The molecule has 2 aromatic rings. The molecule has 1 aromatic carbocycles. The Balaban J connectivity index is 1.66. The number of carbonyl (C=O) groups excluding carboxylic acids is 1. The Morgan fingerprint density at radius 1 is 1.25 bits per heavy atom. The highest BCUT2D eigenvalue weighted by atomic mass is 16.1. The summed E-state index contributed by atoms with van der Waals surface area (Å²) in [5, 5.41) is 6.44. The summed E-state index contributed by atoms with van der Waals surface area (Å²) < 4.78 is 0. The Morgan fingerprint density at radius 2 is 2.04 bits per heavy atom. The van der Waals surface area contributed by atoms with E-state index in [1.807, 2.05) is 54.4 Å². The smallest absolute Gasteiger partial charge is 0.253 e. The Labute approximate surface area is 143 Å². The van der Waals surface area contributed by atoms with Gasteiger partial charge in [-0.2, -0.15) is 0 Å². The summed E-state index contributed by atoms with van der Waals surface area (Å²) in [5.74, 6) is 1.24. The number of amides is 1. The number of para-hydroxylation sites is 1. The number of nitrogens with one attached hydrogen (secondary N) is 2. The summed E-state index contributed by atoms with van der Waals surface area (Å²) in [4.78, 5) is 18.8. The standard InChI is InChI=1S/C19H24N4O/c1-14-10-11-20-13-17(14)22-19(24)15-8-9-18(21-12-15)23(2)16-6-4-3-5-7-16/h3-9,12,14,17,20H,10-11,13H2,1-2H3,(H,22,24). The fourth-order valence-corrected chi connectivity index (χ4v) is 2.94. The third-order valence-corrected chi connectivity index (χ3v) is 4.64. The van der Waals surface area contributed by atoms with E-state index in [0.717, 1.165) is 31.0 Å². The lowest BCUT2D eigenvalue weighted by Gasteiger charge is -2.30. The molecule has 1 saturated heterocycles. The molecule has 0 bridgehead atoms. The van der Waals surface area contributed by atoms with Crippen molar-refractivity contribution in [3.8, 4) is 0 Å². The molecule has 24 heavy (non-hydrogen) atoms. The van der Waals surface area contributed by atoms with Crippen molar-refractivity contribution in [1.29, 1.82) is 0 Å². The fraction of sp³-hybridized carbons (Fsp3) is 0.368. The largest absolute Gasteiger partial charge is 0.348 e. The number of benzene rings is 1. The number of hydrogen-bond donors (Lipinski definition) is 2. The number of aromatic nitrogens is 1. The predicted molar refractivity (Wildman–Crippen MR) is 96.6 cm³/mol. The second kappa shape index (κ2) is 7.45. The molecule has 1 aromatic heterocycles. The Morgan fingerprint density at radius 3 is 2.71 bits per heavy atom. The number of pyridine rings is 1. The van der Waals surface area contributed by atoms with Gasteiger partial charge in [0.25, 0.3) is 5.91 Å². The maximum atomic E-state index is 12.4. The molecule has 126 valence electrons. The second-order valence-electron chi connectivity index (χ2n) is 6.35. The summed E-state index contributed by atoms with van der Waals surface area (Å²) in [5.41, 5.74) is 1.65. The minimum absolute atomic E-state index is 0.0584. The first-order valence-corrected chi connectivity index (χ1v) is 8.41. The summed E-state index contributed by atoms with van der Waals surface area (Å²) >= 11 is 0. The average molecular weight is 324 g/mol. The Bertz CT molecular complexity index is 672. The summed E-state index contributed by atoms with van der Waals surface area (Å²) in [6.07, 6.45) is 2.73. The number of nitrogens with zero attached hydrogens (tertiary/aromatic N) is 2. The minimum atomic E-state index is -0.0584. The average Bonchev–Trinajstić information content (AvgIpc) is 2.64. The lowest BCUT2D eigenvalue weighted by atomic mass is 9.94. The number of rotatable bonds is 4. The lowest BCUT2D eigenvalue weighted by molar-refractivity contribution is 0.0915. The van der Waals surface area contributed by atoms with Gasteiger partial charge in [0.05, 0.1) is 5.56 Å².